The van der Waals surface area contributed by atoms with Crippen LogP contribution >= 0.6 is 0 Å². The number of methoxy groups -OCH3 is 1. The first-order chi connectivity index (χ1) is 6.34. The molecule has 0 bridgehead atoms. The van der Waals surface area contributed by atoms with Crippen LogP contribution in [0.3, 0.4) is 0 Å². The van der Waals surface area contributed by atoms with Crippen LogP contribution in [0.1, 0.15) is 0 Å². The smallest absolute Gasteiger partial charge is 0.759 e. The molecule has 0 fully saturated rings. The van der Waals surface area contributed by atoms with E-state index in [9.17, 15) is 0 Å². The number of phenols is 1. The van der Waals surface area contributed by atoms with Crippen molar-refractivity contribution in [1.29, 1.82) is 0 Å². The number of ether oxygens (including phenoxy) is 1. The Morgan fingerprint density at radius 2 is 1.56 bits per heavy atom. The van der Waals surface area contributed by atoms with Gasteiger partial charge in [0.25, 0.3) is 0 Å². The van der Waals surface area contributed by atoms with E-state index in [0.29, 0.717) is 5.75 Å². The standard InChI is InChI=1S/C7H8O2.2Na.H2O4S/c1-9-7-5-3-2-4-6(7)8;;;1-5(2,3)4/h2-5,8H,1H3;;;(H2,1,2,3,4)/q;2*+1;/p-2. The largest absolute Gasteiger partial charge is 1.00 e. The van der Waals surface area contributed by atoms with Gasteiger partial charge in [0.05, 0.1) is 7.11 Å². The van der Waals surface area contributed by atoms with Gasteiger partial charge in [-0.3, -0.25) is 8.42 Å². The third-order valence-electron chi connectivity index (χ3n) is 1.09. The van der Waals surface area contributed by atoms with Crippen molar-refractivity contribution in [2.45, 2.75) is 0 Å². The first-order valence-electron chi connectivity index (χ1n) is 3.33. The second-order valence-corrected chi connectivity index (χ2v) is 2.90. The van der Waals surface area contributed by atoms with Crippen molar-refractivity contribution in [3.63, 3.8) is 0 Å². The van der Waals surface area contributed by atoms with E-state index in [-0.39, 0.29) is 64.9 Å². The van der Waals surface area contributed by atoms with Gasteiger partial charge in [-0.05, 0) is 12.1 Å². The van der Waals surface area contributed by atoms with Crippen molar-refractivity contribution in [2.24, 2.45) is 0 Å². The Balaban J connectivity index is -0.000000214. The molecule has 0 amide bonds. The zero-order valence-electron chi connectivity index (χ0n) is 9.21. The fraction of sp³-hybridized carbons (Fsp3) is 0.143. The number of hydrogen-bond donors (Lipinski definition) is 1. The number of rotatable bonds is 1. The summed E-state index contributed by atoms with van der Waals surface area (Å²) in [6, 6.07) is 6.84. The molecule has 0 saturated heterocycles. The van der Waals surface area contributed by atoms with Crippen molar-refractivity contribution in [1.82, 2.24) is 0 Å². The molecule has 0 aliphatic heterocycles. The maximum atomic E-state index is 8.99. The molecule has 0 unspecified atom stereocenters. The minimum Gasteiger partial charge on any atom is -0.759 e. The molecule has 6 nitrogen and oxygen atoms in total. The summed E-state index contributed by atoms with van der Waals surface area (Å²) in [4.78, 5) is 0. The molecule has 16 heavy (non-hydrogen) atoms. The summed E-state index contributed by atoms with van der Waals surface area (Å²) in [5.41, 5.74) is 0. The molecule has 1 rings (SSSR count). The normalized spacial score (nSPS) is 8.69. The van der Waals surface area contributed by atoms with Gasteiger partial charge in [-0.2, -0.15) is 0 Å². The van der Waals surface area contributed by atoms with E-state index >= 15 is 0 Å². The fourth-order valence-corrected chi connectivity index (χ4v) is 0.630. The second-order valence-electron chi connectivity index (χ2n) is 2.08. The van der Waals surface area contributed by atoms with Gasteiger partial charge in [0.15, 0.2) is 11.5 Å². The van der Waals surface area contributed by atoms with Crippen molar-refractivity contribution in [3.05, 3.63) is 24.3 Å². The first-order valence-corrected chi connectivity index (χ1v) is 4.66. The molecule has 0 aromatic heterocycles. The zero-order valence-corrected chi connectivity index (χ0v) is 14.0. The topological polar surface area (TPSA) is 110 Å². The van der Waals surface area contributed by atoms with E-state index in [1.54, 1.807) is 24.3 Å². The summed E-state index contributed by atoms with van der Waals surface area (Å²) in [5.74, 6) is 0.692. The fourth-order valence-electron chi connectivity index (χ4n) is 0.630. The summed E-state index contributed by atoms with van der Waals surface area (Å²) in [7, 11) is -3.64. The van der Waals surface area contributed by atoms with Gasteiger partial charge in [-0.25, -0.2) is 0 Å². The SMILES string of the molecule is COc1ccccc1O.O=S(=O)([O-])[O-].[Na+].[Na+]. The van der Waals surface area contributed by atoms with Crippen LogP contribution in [0.5, 0.6) is 11.5 Å². The van der Waals surface area contributed by atoms with Crippen molar-refractivity contribution in [3.8, 4) is 11.5 Å². The van der Waals surface area contributed by atoms with Crippen LogP contribution in [-0.4, -0.2) is 29.7 Å². The minimum atomic E-state index is -5.17. The first kappa shape index (κ1) is 21.9. The maximum Gasteiger partial charge on any atom is 1.00 e. The summed E-state index contributed by atoms with van der Waals surface area (Å²) < 4.78 is 38.9. The third kappa shape index (κ3) is 14.7. The van der Waals surface area contributed by atoms with Gasteiger partial charge in [-0.1, -0.05) is 12.1 Å². The quantitative estimate of drug-likeness (QED) is 0.308. The molecule has 0 radical (unpaired) electrons. The number of benzene rings is 1. The van der Waals surface area contributed by atoms with Crippen LogP contribution in [-0.2, 0) is 10.4 Å². The molecule has 1 N–H and O–H groups in total. The minimum absolute atomic E-state index is 0. The Labute approximate surface area is 138 Å². The average Bonchev–Trinajstić information content (AvgIpc) is 2.02. The van der Waals surface area contributed by atoms with Crippen LogP contribution in [0.15, 0.2) is 24.3 Å². The zero-order chi connectivity index (χ0) is 11.2. The summed E-state index contributed by atoms with van der Waals surface area (Å²) >= 11 is 0. The summed E-state index contributed by atoms with van der Waals surface area (Å²) in [6.07, 6.45) is 0. The third-order valence-corrected chi connectivity index (χ3v) is 1.09. The molecular formula is C7H8Na2O6S. The molecule has 80 valence electrons. The Kier molecular flexibility index (Phi) is 14.8. The van der Waals surface area contributed by atoms with Crippen LogP contribution in [0, 0.1) is 0 Å². The van der Waals surface area contributed by atoms with E-state index < -0.39 is 10.4 Å². The maximum absolute atomic E-state index is 8.99. The average molecular weight is 266 g/mol. The van der Waals surface area contributed by atoms with E-state index in [0.717, 1.165) is 0 Å². The molecule has 1 aromatic rings. The summed E-state index contributed by atoms with van der Waals surface area (Å²) in [5, 5.41) is 8.99. The molecule has 0 spiro atoms. The van der Waals surface area contributed by atoms with Crippen LogP contribution < -0.4 is 63.9 Å². The number of para-hydroxylation sites is 2. The Morgan fingerprint density at radius 1 is 1.19 bits per heavy atom. The van der Waals surface area contributed by atoms with Gasteiger partial charge < -0.3 is 18.9 Å². The van der Waals surface area contributed by atoms with Crippen LogP contribution in [0.4, 0.5) is 0 Å². The molecule has 0 saturated carbocycles. The summed E-state index contributed by atoms with van der Waals surface area (Å²) in [6.45, 7) is 0. The van der Waals surface area contributed by atoms with E-state index in [1.807, 2.05) is 0 Å². The number of phenolic OH excluding ortho intramolecular Hbond substituents is 1. The molecule has 1 aromatic carbocycles. The molecular weight excluding hydrogens is 258 g/mol. The Bertz CT molecular complexity index is 372. The van der Waals surface area contributed by atoms with Crippen molar-refractivity contribution < 1.29 is 86.5 Å². The molecule has 0 aliphatic carbocycles. The van der Waals surface area contributed by atoms with E-state index in [2.05, 4.69) is 0 Å². The van der Waals surface area contributed by atoms with Crippen LogP contribution in [0.25, 0.3) is 0 Å². The van der Waals surface area contributed by atoms with Gasteiger partial charge in [0, 0.05) is 10.4 Å². The van der Waals surface area contributed by atoms with E-state index in [4.69, 9.17) is 27.4 Å². The van der Waals surface area contributed by atoms with E-state index in [1.165, 1.54) is 7.11 Å². The number of hydrogen-bond acceptors (Lipinski definition) is 6. The van der Waals surface area contributed by atoms with Gasteiger partial charge in [-0.15, -0.1) is 0 Å². The molecule has 0 atom stereocenters. The Hall–Kier alpha value is 0.690. The van der Waals surface area contributed by atoms with Crippen molar-refractivity contribution in [2.75, 3.05) is 7.11 Å². The number of aromatic hydroxyl groups is 1. The monoisotopic (exact) mass is 266 g/mol. The predicted molar refractivity (Wildman–Crippen MR) is 45.1 cm³/mol. The molecule has 0 heterocycles. The second kappa shape index (κ2) is 10.8. The predicted octanol–water partition coefficient (Wildman–Crippen LogP) is -5.93. The van der Waals surface area contributed by atoms with Crippen molar-refractivity contribution >= 4 is 10.4 Å². The molecule has 9 heteroatoms. The molecule has 0 aliphatic rings. The Morgan fingerprint density at radius 3 is 1.81 bits per heavy atom. The van der Waals surface area contributed by atoms with Gasteiger partial charge in [0.1, 0.15) is 0 Å². The van der Waals surface area contributed by atoms with Gasteiger partial charge in [0.2, 0.25) is 0 Å². The van der Waals surface area contributed by atoms with Crippen LogP contribution in [0.2, 0.25) is 0 Å². The van der Waals surface area contributed by atoms with Gasteiger partial charge >= 0.3 is 59.1 Å².